The Kier molecular flexibility index (Phi) is 5.12. The van der Waals surface area contributed by atoms with E-state index in [1.54, 1.807) is 11.1 Å². The first-order chi connectivity index (χ1) is 12.1. The third kappa shape index (κ3) is 3.71. The zero-order valence-electron chi connectivity index (χ0n) is 14.7. The van der Waals surface area contributed by atoms with Crippen molar-refractivity contribution in [3.05, 3.63) is 53.7 Å². The molecule has 5 heteroatoms. The molecule has 1 fully saturated rings. The molecule has 5 nitrogen and oxygen atoms in total. The van der Waals surface area contributed by atoms with Crippen LogP contribution < -0.4 is 5.32 Å². The summed E-state index contributed by atoms with van der Waals surface area (Å²) in [5.74, 6) is -0.0944. The van der Waals surface area contributed by atoms with E-state index in [9.17, 15) is 9.59 Å². The van der Waals surface area contributed by atoms with Gasteiger partial charge in [-0.05, 0) is 44.0 Å². The fraction of sp³-hybridized carbons (Fsp3) is 0.350. The Bertz CT molecular complexity index is 788. The van der Waals surface area contributed by atoms with E-state index in [0.29, 0.717) is 25.2 Å². The summed E-state index contributed by atoms with van der Waals surface area (Å²) >= 11 is 0. The number of likely N-dealkylation sites (tertiary alicyclic amines) is 1. The summed E-state index contributed by atoms with van der Waals surface area (Å²) in [5.41, 5.74) is 3.53. The van der Waals surface area contributed by atoms with E-state index in [-0.39, 0.29) is 17.7 Å². The molecule has 0 spiro atoms. The number of aromatic nitrogens is 1. The number of amides is 2. The monoisotopic (exact) mass is 337 g/mol. The van der Waals surface area contributed by atoms with Gasteiger partial charge in [0.15, 0.2) is 0 Å². The van der Waals surface area contributed by atoms with Crippen molar-refractivity contribution in [1.29, 1.82) is 0 Å². The normalized spacial score (nSPS) is 16.7. The lowest BCUT2D eigenvalue weighted by Gasteiger charge is -2.17. The first-order valence-electron chi connectivity index (χ1n) is 8.69. The van der Waals surface area contributed by atoms with E-state index < -0.39 is 0 Å². The second kappa shape index (κ2) is 7.47. The molecule has 0 radical (unpaired) electrons. The van der Waals surface area contributed by atoms with E-state index in [0.717, 1.165) is 23.2 Å². The first kappa shape index (κ1) is 17.1. The summed E-state index contributed by atoms with van der Waals surface area (Å²) in [4.78, 5) is 31.0. The maximum Gasteiger partial charge on any atom is 0.253 e. The second-order valence-corrected chi connectivity index (χ2v) is 6.38. The molecule has 1 unspecified atom stereocenters. The van der Waals surface area contributed by atoms with Crippen molar-refractivity contribution in [3.63, 3.8) is 0 Å². The van der Waals surface area contributed by atoms with Gasteiger partial charge in [-0.2, -0.15) is 0 Å². The topological polar surface area (TPSA) is 62.3 Å². The Morgan fingerprint density at radius 2 is 2.12 bits per heavy atom. The zero-order valence-corrected chi connectivity index (χ0v) is 14.7. The van der Waals surface area contributed by atoms with Crippen LogP contribution in [0.25, 0.3) is 11.3 Å². The van der Waals surface area contributed by atoms with E-state index >= 15 is 0 Å². The van der Waals surface area contributed by atoms with Gasteiger partial charge >= 0.3 is 0 Å². The number of nitrogens with one attached hydrogen (secondary N) is 1. The summed E-state index contributed by atoms with van der Waals surface area (Å²) in [6, 6.07) is 11.5. The number of pyridine rings is 1. The Morgan fingerprint density at radius 1 is 1.28 bits per heavy atom. The smallest absolute Gasteiger partial charge is 0.253 e. The van der Waals surface area contributed by atoms with Gasteiger partial charge in [-0.3, -0.25) is 14.6 Å². The molecule has 1 aromatic carbocycles. The van der Waals surface area contributed by atoms with Crippen molar-refractivity contribution in [2.75, 3.05) is 19.6 Å². The molecule has 1 N–H and O–H groups in total. The third-order valence-corrected chi connectivity index (χ3v) is 4.59. The van der Waals surface area contributed by atoms with Gasteiger partial charge in [-0.15, -0.1) is 0 Å². The Balaban J connectivity index is 1.77. The molecule has 2 aromatic rings. The molecule has 130 valence electrons. The van der Waals surface area contributed by atoms with Crippen molar-refractivity contribution >= 4 is 11.8 Å². The number of rotatable bonds is 4. The average Bonchev–Trinajstić information content (AvgIpc) is 3.12. The van der Waals surface area contributed by atoms with E-state index in [2.05, 4.69) is 10.3 Å². The van der Waals surface area contributed by atoms with Crippen LogP contribution in [-0.4, -0.2) is 41.3 Å². The predicted octanol–water partition coefficient (Wildman–Crippen LogP) is 2.66. The molecule has 0 aliphatic carbocycles. The van der Waals surface area contributed by atoms with Gasteiger partial charge in [0, 0.05) is 37.0 Å². The minimum Gasteiger partial charge on any atom is -0.356 e. The molecule has 25 heavy (non-hydrogen) atoms. The van der Waals surface area contributed by atoms with Crippen LogP contribution in [0.1, 0.15) is 29.3 Å². The van der Waals surface area contributed by atoms with Gasteiger partial charge in [-0.25, -0.2) is 0 Å². The minimum absolute atomic E-state index is 0.0257. The Labute approximate surface area is 148 Å². The Hall–Kier alpha value is -2.69. The van der Waals surface area contributed by atoms with Gasteiger partial charge in [0.2, 0.25) is 5.91 Å². The van der Waals surface area contributed by atoms with Gasteiger partial charge in [0.1, 0.15) is 0 Å². The average molecular weight is 337 g/mol. The van der Waals surface area contributed by atoms with Gasteiger partial charge in [-0.1, -0.05) is 18.2 Å². The fourth-order valence-corrected chi connectivity index (χ4v) is 3.25. The Morgan fingerprint density at radius 3 is 2.88 bits per heavy atom. The van der Waals surface area contributed by atoms with Crippen LogP contribution >= 0.6 is 0 Å². The molecular formula is C20H23N3O2. The van der Waals surface area contributed by atoms with Crippen molar-refractivity contribution in [3.8, 4) is 11.3 Å². The SMILES string of the molecule is CCNC(=O)C1CCN(C(=O)c2cccc(-c3ncccc3C)c2)C1. The van der Waals surface area contributed by atoms with Gasteiger partial charge < -0.3 is 10.2 Å². The summed E-state index contributed by atoms with van der Waals surface area (Å²) in [6.07, 6.45) is 2.48. The van der Waals surface area contributed by atoms with Crippen LogP contribution in [0.2, 0.25) is 0 Å². The van der Waals surface area contributed by atoms with Crippen LogP contribution in [0.4, 0.5) is 0 Å². The van der Waals surface area contributed by atoms with Crippen molar-refractivity contribution in [2.45, 2.75) is 20.3 Å². The number of benzene rings is 1. The molecule has 2 amide bonds. The highest BCUT2D eigenvalue weighted by Gasteiger charge is 2.31. The van der Waals surface area contributed by atoms with E-state index in [1.807, 2.05) is 50.2 Å². The van der Waals surface area contributed by atoms with E-state index in [1.165, 1.54) is 0 Å². The van der Waals surface area contributed by atoms with Crippen molar-refractivity contribution in [2.24, 2.45) is 5.92 Å². The van der Waals surface area contributed by atoms with Crippen LogP contribution in [0, 0.1) is 12.8 Å². The van der Waals surface area contributed by atoms with Crippen molar-refractivity contribution < 1.29 is 9.59 Å². The summed E-state index contributed by atoms with van der Waals surface area (Å²) in [5, 5.41) is 2.84. The van der Waals surface area contributed by atoms with E-state index in [4.69, 9.17) is 0 Å². The first-order valence-corrected chi connectivity index (χ1v) is 8.69. The molecule has 1 aliphatic heterocycles. The summed E-state index contributed by atoms with van der Waals surface area (Å²) in [6.45, 7) is 5.63. The number of hydrogen-bond donors (Lipinski definition) is 1. The van der Waals surface area contributed by atoms with Gasteiger partial charge in [0.25, 0.3) is 5.91 Å². The predicted molar refractivity (Wildman–Crippen MR) is 97.1 cm³/mol. The molecule has 3 rings (SSSR count). The number of hydrogen-bond acceptors (Lipinski definition) is 3. The molecule has 2 heterocycles. The lowest BCUT2D eigenvalue weighted by molar-refractivity contribution is -0.124. The van der Waals surface area contributed by atoms with Crippen molar-refractivity contribution in [1.82, 2.24) is 15.2 Å². The maximum absolute atomic E-state index is 12.8. The lowest BCUT2D eigenvalue weighted by atomic mass is 10.0. The number of carbonyl (C=O) groups excluding carboxylic acids is 2. The van der Waals surface area contributed by atoms with Crippen LogP contribution in [0.3, 0.4) is 0 Å². The maximum atomic E-state index is 12.8. The van der Waals surface area contributed by atoms with Gasteiger partial charge in [0.05, 0.1) is 11.6 Å². The second-order valence-electron chi connectivity index (χ2n) is 6.38. The number of aryl methyl sites for hydroxylation is 1. The molecular weight excluding hydrogens is 314 g/mol. The molecule has 0 saturated carbocycles. The molecule has 1 saturated heterocycles. The molecule has 1 aliphatic rings. The highest BCUT2D eigenvalue weighted by molar-refractivity contribution is 5.96. The lowest BCUT2D eigenvalue weighted by Crippen LogP contribution is -2.34. The summed E-state index contributed by atoms with van der Waals surface area (Å²) < 4.78 is 0. The van der Waals surface area contributed by atoms with Crippen LogP contribution in [0.5, 0.6) is 0 Å². The number of carbonyl (C=O) groups is 2. The molecule has 1 aromatic heterocycles. The minimum atomic E-state index is -0.106. The zero-order chi connectivity index (χ0) is 17.8. The highest BCUT2D eigenvalue weighted by Crippen LogP contribution is 2.24. The standard InChI is InChI=1S/C20H23N3O2/c1-3-21-19(24)17-9-11-23(13-17)20(25)16-8-4-7-15(12-16)18-14(2)6-5-10-22-18/h4-8,10,12,17H,3,9,11,13H2,1-2H3,(H,21,24). The third-order valence-electron chi connectivity index (χ3n) is 4.59. The summed E-state index contributed by atoms with van der Waals surface area (Å²) in [7, 11) is 0. The molecule has 1 atom stereocenters. The van der Waals surface area contributed by atoms with Crippen LogP contribution in [-0.2, 0) is 4.79 Å². The molecule has 0 bridgehead atoms. The highest BCUT2D eigenvalue weighted by atomic mass is 16.2. The largest absolute Gasteiger partial charge is 0.356 e. The quantitative estimate of drug-likeness (QED) is 0.933. The fourth-order valence-electron chi connectivity index (χ4n) is 3.25. The number of nitrogens with zero attached hydrogens (tertiary/aromatic N) is 2. The van der Waals surface area contributed by atoms with Crippen LogP contribution in [0.15, 0.2) is 42.6 Å².